The molecule has 0 bridgehead atoms. The van der Waals surface area contributed by atoms with Gasteiger partial charge in [0.05, 0.1) is 39.3 Å². The number of fused-ring (bicyclic) bond motifs is 3. The molecule has 4 aliphatic heterocycles. The molecule has 4 atom stereocenters. The molecule has 17 nitrogen and oxygen atoms in total. The van der Waals surface area contributed by atoms with Gasteiger partial charge in [-0.2, -0.15) is 4.98 Å². The normalized spacial score (nSPS) is 26.9. The third-order valence-electron chi connectivity index (χ3n) is 17.0. The Labute approximate surface area is 421 Å². The van der Waals surface area contributed by atoms with Crippen LogP contribution in [-0.4, -0.2) is 127 Å². The Bertz CT molecular complexity index is 2970. The predicted octanol–water partition coefficient (Wildman–Crippen LogP) is 8.07. The summed E-state index contributed by atoms with van der Waals surface area (Å²) < 4.78 is 43.1. The van der Waals surface area contributed by atoms with Crippen LogP contribution < -0.4 is 24.6 Å². The smallest absolute Gasteiger partial charge is 0.293 e. The van der Waals surface area contributed by atoms with Crippen LogP contribution in [0.15, 0.2) is 83.9 Å². The van der Waals surface area contributed by atoms with Crippen LogP contribution in [0.2, 0.25) is 0 Å². The molecule has 2 saturated carbocycles. The largest absolute Gasteiger partial charge is 0.468 e. The van der Waals surface area contributed by atoms with Crippen molar-refractivity contribution in [3.8, 4) is 5.88 Å². The van der Waals surface area contributed by atoms with Gasteiger partial charge in [0.2, 0.25) is 5.88 Å². The number of sulfonamides is 1. The second-order valence-corrected chi connectivity index (χ2v) is 23.7. The second-order valence-electron chi connectivity index (χ2n) is 22.0. The van der Waals surface area contributed by atoms with Crippen molar-refractivity contribution in [2.24, 2.45) is 11.3 Å². The van der Waals surface area contributed by atoms with Gasteiger partial charge in [0.25, 0.3) is 21.6 Å². The lowest BCUT2D eigenvalue weighted by molar-refractivity contribution is -0.384. The lowest BCUT2D eigenvalue weighted by Gasteiger charge is -2.60. The number of nitro benzene ring substituents is 1. The second kappa shape index (κ2) is 18.9. The van der Waals surface area contributed by atoms with Crippen LogP contribution in [0.5, 0.6) is 5.88 Å². The third-order valence-corrected chi connectivity index (χ3v) is 18.3. The van der Waals surface area contributed by atoms with Crippen molar-refractivity contribution >= 4 is 55.4 Å². The number of hydrogen-bond donors (Lipinski definition) is 4. The number of piperidine rings is 1. The predicted molar refractivity (Wildman–Crippen MR) is 277 cm³/mol. The summed E-state index contributed by atoms with van der Waals surface area (Å²) in [6.45, 7) is 11.4. The first-order valence-corrected chi connectivity index (χ1v) is 27.3. The molecule has 0 unspecified atom stereocenters. The number of nitrogens with one attached hydrogen (secondary N) is 3. The SMILES string of the molecule is Cc1ccccc1[C@@H]1CN(C)C[C@@H](C)N1C1CC2(CCN(c3ccc(C(=O)NS(=O)(=O)c4ccc(NCC5CCC(C)(O)CC5)c([N+](=O)[O-])c4)c(N4c5cc6cc[nH]c6nc5O[C@H]5COCC[C@@H]54)c3)CC2)C1. The van der Waals surface area contributed by atoms with Crippen LogP contribution >= 0.6 is 0 Å². The topological polar surface area (TPSA) is 199 Å². The summed E-state index contributed by atoms with van der Waals surface area (Å²) in [4.78, 5) is 43.9. The minimum absolute atomic E-state index is 0.119. The Morgan fingerprint density at radius 1 is 0.986 bits per heavy atom. The van der Waals surface area contributed by atoms with Gasteiger partial charge in [-0.1, -0.05) is 24.3 Å². The summed E-state index contributed by atoms with van der Waals surface area (Å²) in [7, 11) is -2.38. The van der Waals surface area contributed by atoms with E-state index >= 15 is 0 Å². The number of aryl methyl sites for hydroxylation is 1. The van der Waals surface area contributed by atoms with E-state index in [0.29, 0.717) is 80.0 Å². The van der Waals surface area contributed by atoms with Gasteiger partial charge in [0.15, 0.2) is 0 Å². The van der Waals surface area contributed by atoms with Crippen LogP contribution in [0, 0.1) is 28.4 Å². The highest BCUT2D eigenvalue weighted by Crippen LogP contribution is 2.54. The van der Waals surface area contributed by atoms with Gasteiger partial charge in [-0.05, 0) is 151 Å². The number of anilines is 4. The van der Waals surface area contributed by atoms with E-state index in [1.807, 2.05) is 37.4 Å². The standard InChI is InChI=1S/C54H67N9O8S/c1-34-7-5-6-8-41(34)48-32-59(4)31-35(2)61(48)39-28-54(29-39)19-22-60(23-20-54)38-9-11-42(45(26-38)62-44-16-24-70-33-49(44)71-52-47(62)25-37-15-21-55-50(37)57-52)51(64)58-72(68,69)40-10-12-43(46(27-40)63(66)67)56-30-36-13-17-53(3,65)18-14-36/h5-12,15,21,25-27,35-36,39,44,48-49,56,65H,13-14,16-20,22-24,28-33H2,1-4H3,(H,55,57)(H,58,64)/t35-,36?,44+,48+,49+,53?/m1/s1. The zero-order chi connectivity index (χ0) is 50.1. The van der Waals surface area contributed by atoms with E-state index in [2.05, 4.69) is 79.8 Å². The molecule has 11 rings (SSSR count). The number of amides is 1. The van der Waals surface area contributed by atoms with Gasteiger partial charge < -0.3 is 39.6 Å². The number of carbonyl (C=O) groups is 1. The van der Waals surface area contributed by atoms with Crippen molar-refractivity contribution in [1.82, 2.24) is 24.5 Å². The van der Waals surface area contributed by atoms with Crippen molar-refractivity contribution in [3.05, 3.63) is 106 Å². The highest BCUT2D eigenvalue weighted by molar-refractivity contribution is 7.90. The molecule has 3 aromatic carbocycles. The van der Waals surface area contributed by atoms with Crippen LogP contribution in [-0.2, 0) is 14.8 Å². The summed E-state index contributed by atoms with van der Waals surface area (Å²) in [5.41, 5.74) is 4.91. The maximum atomic E-state index is 14.7. The fraction of sp³-hybridized carbons (Fsp3) is 0.519. The van der Waals surface area contributed by atoms with Gasteiger partial charge in [-0.3, -0.25) is 19.8 Å². The Hall–Kier alpha value is -5.79. The van der Waals surface area contributed by atoms with Crippen LogP contribution in [0.1, 0.15) is 99.2 Å². The molecule has 4 N–H and O–H groups in total. The third kappa shape index (κ3) is 9.29. The number of piperazine rings is 1. The fourth-order valence-electron chi connectivity index (χ4n) is 13.0. The number of aliphatic hydroxyl groups is 1. The summed E-state index contributed by atoms with van der Waals surface area (Å²) in [5, 5.41) is 26.8. The summed E-state index contributed by atoms with van der Waals surface area (Å²) >= 11 is 0. The first-order chi connectivity index (χ1) is 34.5. The summed E-state index contributed by atoms with van der Waals surface area (Å²) in [5.74, 6) is -0.303. The van der Waals surface area contributed by atoms with Gasteiger partial charge >= 0.3 is 0 Å². The number of hydrogen-bond acceptors (Lipinski definition) is 14. The number of H-pyrrole nitrogens is 1. The minimum Gasteiger partial charge on any atom is -0.468 e. The highest BCUT2D eigenvalue weighted by atomic mass is 32.2. The van der Waals surface area contributed by atoms with E-state index in [-0.39, 0.29) is 28.6 Å². The van der Waals surface area contributed by atoms with Crippen molar-refractivity contribution in [2.45, 2.75) is 119 Å². The highest BCUT2D eigenvalue weighted by Gasteiger charge is 2.51. The van der Waals surface area contributed by atoms with Gasteiger partial charge in [0.1, 0.15) is 23.1 Å². The first-order valence-electron chi connectivity index (χ1n) is 25.8. The maximum Gasteiger partial charge on any atom is 0.293 e. The summed E-state index contributed by atoms with van der Waals surface area (Å²) in [6, 6.07) is 23.1. The zero-order valence-corrected chi connectivity index (χ0v) is 42.5. The van der Waals surface area contributed by atoms with Crippen molar-refractivity contribution in [3.63, 3.8) is 0 Å². The maximum absolute atomic E-state index is 14.7. The fourth-order valence-corrected chi connectivity index (χ4v) is 14.0. The first kappa shape index (κ1) is 48.5. The number of nitro groups is 1. The number of likely N-dealkylation sites (N-methyl/N-ethyl adjacent to an activating group) is 1. The Balaban J connectivity index is 0.870. The number of pyridine rings is 1. The number of benzene rings is 3. The quantitative estimate of drug-likeness (QED) is 0.0732. The van der Waals surface area contributed by atoms with E-state index in [4.69, 9.17) is 14.5 Å². The molecule has 2 aromatic heterocycles. The molecule has 6 heterocycles. The van der Waals surface area contributed by atoms with E-state index in [1.165, 1.54) is 36.1 Å². The molecule has 5 fully saturated rings. The average Bonchev–Trinajstić information content (AvgIpc) is 3.81. The van der Waals surface area contributed by atoms with Crippen LogP contribution in [0.3, 0.4) is 0 Å². The van der Waals surface area contributed by atoms with Gasteiger partial charge in [-0.15, -0.1) is 0 Å². The molecule has 72 heavy (non-hydrogen) atoms. The molecule has 0 radical (unpaired) electrons. The van der Waals surface area contributed by atoms with E-state index < -0.39 is 43.1 Å². The summed E-state index contributed by atoms with van der Waals surface area (Å²) in [6.07, 6.45) is 9.18. The number of aromatic amines is 1. The van der Waals surface area contributed by atoms with Crippen molar-refractivity contribution in [2.75, 3.05) is 68.1 Å². The molecule has 18 heteroatoms. The lowest BCUT2D eigenvalue weighted by Crippen LogP contribution is -2.62. The molecule has 382 valence electrons. The van der Waals surface area contributed by atoms with E-state index in [9.17, 15) is 28.4 Å². The molecule has 3 saturated heterocycles. The monoisotopic (exact) mass is 1000 g/mol. The molecule has 1 spiro atoms. The van der Waals surface area contributed by atoms with Crippen molar-refractivity contribution in [1.29, 1.82) is 0 Å². The lowest BCUT2D eigenvalue weighted by atomic mass is 9.59. The minimum atomic E-state index is -4.62. The zero-order valence-electron chi connectivity index (χ0n) is 41.7. The molecular formula is C54H67N9O8S. The Kier molecular flexibility index (Phi) is 12.7. The molecule has 1 amide bonds. The molecular weight excluding hydrogens is 935 g/mol. The Morgan fingerprint density at radius 2 is 1.76 bits per heavy atom. The number of aromatic nitrogens is 2. The molecule has 6 aliphatic rings. The van der Waals surface area contributed by atoms with Gasteiger partial charge in [0, 0.05) is 80.8 Å². The van der Waals surface area contributed by atoms with E-state index in [0.717, 1.165) is 69.0 Å². The average molecular weight is 1000 g/mol. The van der Waals surface area contributed by atoms with Crippen LogP contribution in [0.4, 0.5) is 28.4 Å². The molecule has 5 aromatic rings. The number of carbonyl (C=O) groups excluding carboxylic acids is 1. The van der Waals surface area contributed by atoms with Crippen molar-refractivity contribution < 1.29 is 32.7 Å². The number of ether oxygens (including phenoxy) is 2. The number of rotatable bonds is 11. The van der Waals surface area contributed by atoms with E-state index in [1.54, 1.807) is 6.07 Å². The number of nitrogens with zero attached hydrogens (tertiary/aromatic N) is 6. The Morgan fingerprint density at radius 3 is 2.53 bits per heavy atom. The van der Waals surface area contributed by atoms with Crippen LogP contribution in [0.25, 0.3) is 11.0 Å². The van der Waals surface area contributed by atoms with Gasteiger partial charge in [-0.25, -0.2) is 13.1 Å². The molecule has 2 aliphatic carbocycles.